The number of rotatable bonds is 22. The fourth-order valence-corrected chi connectivity index (χ4v) is 6.88. The third kappa shape index (κ3) is 16.4. The van der Waals surface area contributed by atoms with Gasteiger partial charge in [0.1, 0.15) is 47.2 Å². The Kier molecular flexibility index (Phi) is 19.9. The van der Waals surface area contributed by atoms with E-state index >= 15 is 0 Å². The number of hydrogen-bond acceptors (Lipinski definition) is 12. The highest BCUT2D eigenvalue weighted by Crippen LogP contribution is 2.22. The molecule has 1 aromatic rings. The number of ether oxygens (including phenoxy) is 3. The van der Waals surface area contributed by atoms with Crippen molar-refractivity contribution in [2.45, 2.75) is 161 Å². The Morgan fingerprint density at radius 1 is 0.918 bits per heavy atom. The van der Waals surface area contributed by atoms with Gasteiger partial charge in [0, 0.05) is 6.54 Å². The summed E-state index contributed by atoms with van der Waals surface area (Å²) in [5.41, 5.74) is -1.71. The molecule has 0 aromatic heterocycles. The fourth-order valence-electron chi connectivity index (χ4n) is 6.88. The minimum atomic E-state index is -1.58. The van der Waals surface area contributed by atoms with Gasteiger partial charge < -0.3 is 55.9 Å². The molecule has 1 aliphatic rings. The van der Waals surface area contributed by atoms with Gasteiger partial charge in [-0.2, -0.15) is 0 Å². The standard InChI is InChI=1S/C43H70N6O12/c1-13-25(4)34(32(50)23-33(51)48-43(9,10)40(57)45-29(21-24(2)3)37(53)49-20-14-15-31(49)38(54)55)46-36(52)35(47-41(58)61-42(6,7)8)26(5)60-39(56)30(44-11)22-27-16-18-28(59-12)19-17-27/h16-19,24-26,29-32,34-35,44,50H,13-15,20-23H2,1-12H3,(H,45,57)(H,46,52)(H,47,58)(H,48,51)(H,54,55). The van der Waals surface area contributed by atoms with Gasteiger partial charge in [-0.05, 0) is 104 Å². The largest absolute Gasteiger partial charge is 0.497 e. The average Bonchev–Trinajstić information content (AvgIpc) is 3.66. The molecule has 18 heteroatoms. The second kappa shape index (κ2) is 23.3. The lowest BCUT2D eigenvalue weighted by Crippen LogP contribution is -2.61. The van der Waals surface area contributed by atoms with Crippen molar-refractivity contribution < 1.29 is 58.0 Å². The van der Waals surface area contributed by atoms with E-state index in [1.54, 1.807) is 66.1 Å². The Labute approximate surface area is 359 Å². The van der Waals surface area contributed by atoms with Gasteiger partial charge in [-0.1, -0.05) is 46.2 Å². The molecule has 0 radical (unpaired) electrons. The van der Waals surface area contributed by atoms with Crippen LogP contribution in [0, 0.1) is 11.8 Å². The number of nitrogens with zero attached hydrogens (tertiary/aromatic N) is 1. The number of carboxylic acids is 1. The van der Waals surface area contributed by atoms with Crippen molar-refractivity contribution in [2.75, 3.05) is 20.7 Å². The quantitative estimate of drug-likeness (QED) is 0.0829. The molecule has 1 aliphatic heterocycles. The Morgan fingerprint density at radius 2 is 1.54 bits per heavy atom. The normalized spacial score (nSPS) is 17.7. The zero-order valence-electron chi connectivity index (χ0n) is 37.9. The van der Waals surface area contributed by atoms with E-state index in [9.17, 15) is 43.8 Å². The lowest BCUT2D eigenvalue weighted by atomic mass is 9.91. The van der Waals surface area contributed by atoms with E-state index in [-0.39, 0.29) is 25.3 Å². The molecule has 2 rings (SSSR count). The summed E-state index contributed by atoms with van der Waals surface area (Å²) in [4.78, 5) is 94.1. The number of methoxy groups -OCH3 is 1. The van der Waals surface area contributed by atoms with Gasteiger partial charge in [-0.3, -0.25) is 24.0 Å². The molecule has 7 N–H and O–H groups in total. The van der Waals surface area contributed by atoms with Gasteiger partial charge in [-0.15, -0.1) is 0 Å². The van der Waals surface area contributed by atoms with Gasteiger partial charge in [0.15, 0.2) is 0 Å². The number of aliphatic carboxylic acids is 1. The first-order chi connectivity index (χ1) is 28.3. The molecule has 8 atom stereocenters. The first kappa shape index (κ1) is 52.2. The first-order valence-corrected chi connectivity index (χ1v) is 21.0. The molecule has 1 heterocycles. The van der Waals surface area contributed by atoms with Crippen LogP contribution < -0.4 is 31.3 Å². The second-order valence-corrected chi connectivity index (χ2v) is 17.7. The van der Waals surface area contributed by atoms with E-state index in [2.05, 4.69) is 26.6 Å². The topological polar surface area (TPSA) is 251 Å². The number of aliphatic hydroxyl groups excluding tert-OH is 1. The Bertz CT molecular complexity index is 1660. The highest BCUT2D eigenvalue weighted by molar-refractivity contribution is 5.95. The minimum Gasteiger partial charge on any atom is -0.497 e. The molecule has 0 saturated carbocycles. The first-order valence-electron chi connectivity index (χ1n) is 21.0. The van der Waals surface area contributed by atoms with E-state index in [1.807, 2.05) is 20.8 Å². The molecule has 344 valence electrons. The highest BCUT2D eigenvalue weighted by atomic mass is 16.6. The number of esters is 1. The third-order valence-electron chi connectivity index (χ3n) is 10.5. The summed E-state index contributed by atoms with van der Waals surface area (Å²) in [6, 6.07) is 1.72. The van der Waals surface area contributed by atoms with Crippen molar-refractivity contribution in [3.63, 3.8) is 0 Å². The van der Waals surface area contributed by atoms with E-state index in [1.165, 1.54) is 25.7 Å². The van der Waals surface area contributed by atoms with Gasteiger partial charge in [0.25, 0.3) is 0 Å². The minimum absolute atomic E-state index is 0.0370. The molecule has 1 aromatic carbocycles. The van der Waals surface area contributed by atoms with Crippen molar-refractivity contribution in [1.29, 1.82) is 0 Å². The number of nitrogens with one attached hydrogen (secondary N) is 5. The van der Waals surface area contributed by atoms with Crippen LogP contribution >= 0.6 is 0 Å². The van der Waals surface area contributed by atoms with Gasteiger partial charge >= 0.3 is 18.0 Å². The van der Waals surface area contributed by atoms with Gasteiger partial charge in [0.05, 0.1) is 25.7 Å². The molecule has 0 spiro atoms. The van der Waals surface area contributed by atoms with Crippen LogP contribution in [0.1, 0.15) is 107 Å². The zero-order valence-corrected chi connectivity index (χ0v) is 37.9. The molecule has 1 fully saturated rings. The number of likely N-dealkylation sites (tertiary alicyclic amines) is 1. The summed E-state index contributed by atoms with van der Waals surface area (Å²) in [6.07, 6.45) is -2.50. The Hall–Kier alpha value is -4.97. The third-order valence-corrected chi connectivity index (χ3v) is 10.5. The van der Waals surface area contributed by atoms with Crippen molar-refractivity contribution in [2.24, 2.45) is 11.8 Å². The van der Waals surface area contributed by atoms with Crippen molar-refractivity contribution in [3.8, 4) is 5.75 Å². The van der Waals surface area contributed by atoms with Crippen LogP contribution in [0.5, 0.6) is 5.75 Å². The Morgan fingerprint density at radius 3 is 2.07 bits per heavy atom. The van der Waals surface area contributed by atoms with Crippen LogP contribution in [0.4, 0.5) is 4.79 Å². The number of aliphatic hydroxyl groups is 1. The van der Waals surface area contributed by atoms with Crippen LogP contribution in [0.15, 0.2) is 24.3 Å². The summed E-state index contributed by atoms with van der Waals surface area (Å²) in [6.45, 7) is 16.8. The van der Waals surface area contributed by atoms with Crippen LogP contribution in [0.2, 0.25) is 0 Å². The summed E-state index contributed by atoms with van der Waals surface area (Å²) >= 11 is 0. The number of carbonyl (C=O) groups is 7. The maximum Gasteiger partial charge on any atom is 0.408 e. The van der Waals surface area contributed by atoms with E-state index in [0.717, 1.165) is 5.56 Å². The fraction of sp³-hybridized carbons (Fsp3) is 0.698. The number of carbonyl (C=O) groups excluding carboxylic acids is 6. The summed E-state index contributed by atoms with van der Waals surface area (Å²) in [5.74, 6) is -4.40. The number of hydrogen-bond donors (Lipinski definition) is 7. The predicted octanol–water partition coefficient (Wildman–Crippen LogP) is 2.43. The number of amides is 5. The SMILES string of the molecule is CCC(C)C(NC(=O)C(NC(=O)OC(C)(C)C)C(C)OC(=O)C(Cc1ccc(OC)cc1)NC)C(O)CC(=O)NC(C)(C)C(=O)NC(CC(C)C)C(=O)N1CCCC1C(=O)O. The Balaban J connectivity index is 2.25. The van der Waals surface area contributed by atoms with Crippen molar-refractivity contribution >= 4 is 41.7 Å². The smallest absolute Gasteiger partial charge is 0.408 e. The van der Waals surface area contributed by atoms with E-state index in [4.69, 9.17) is 14.2 Å². The molecule has 0 aliphatic carbocycles. The number of alkyl carbamates (subject to hydrolysis) is 1. The van der Waals surface area contributed by atoms with Crippen LogP contribution in [-0.4, -0.2) is 131 Å². The van der Waals surface area contributed by atoms with Gasteiger partial charge in [-0.25, -0.2) is 9.59 Å². The maximum atomic E-state index is 14.1. The molecule has 61 heavy (non-hydrogen) atoms. The molecule has 0 bridgehead atoms. The molecule has 18 nitrogen and oxygen atoms in total. The lowest BCUT2D eigenvalue weighted by Gasteiger charge is -2.34. The van der Waals surface area contributed by atoms with Crippen LogP contribution in [0.3, 0.4) is 0 Å². The average molecular weight is 863 g/mol. The van der Waals surface area contributed by atoms with E-state index < -0.39 is 108 Å². The number of benzene rings is 1. The summed E-state index contributed by atoms with van der Waals surface area (Å²) < 4.78 is 16.4. The zero-order chi connectivity index (χ0) is 46.4. The molecular weight excluding hydrogens is 793 g/mol. The summed E-state index contributed by atoms with van der Waals surface area (Å²) in [7, 11) is 3.13. The molecular formula is C43H70N6O12. The van der Waals surface area contributed by atoms with Crippen LogP contribution in [0.25, 0.3) is 0 Å². The monoisotopic (exact) mass is 863 g/mol. The van der Waals surface area contributed by atoms with Crippen LogP contribution in [-0.2, 0) is 44.7 Å². The highest BCUT2D eigenvalue weighted by Gasteiger charge is 2.41. The predicted molar refractivity (Wildman–Crippen MR) is 226 cm³/mol. The number of carboxylic acid groups (broad SMARTS) is 1. The second-order valence-electron chi connectivity index (χ2n) is 17.7. The lowest BCUT2D eigenvalue weighted by molar-refractivity contribution is -0.153. The summed E-state index contributed by atoms with van der Waals surface area (Å²) in [5, 5.41) is 34.6. The van der Waals surface area contributed by atoms with Gasteiger partial charge in [0.2, 0.25) is 23.6 Å². The van der Waals surface area contributed by atoms with Crippen molar-refractivity contribution in [3.05, 3.63) is 29.8 Å². The maximum absolute atomic E-state index is 14.1. The van der Waals surface area contributed by atoms with E-state index in [0.29, 0.717) is 25.0 Å². The molecule has 1 saturated heterocycles. The number of likely N-dealkylation sites (N-methyl/N-ethyl adjacent to an activating group) is 1. The molecule has 5 amide bonds. The molecule has 8 unspecified atom stereocenters. The van der Waals surface area contributed by atoms with Crippen molar-refractivity contribution in [1.82, 2.24) is 31.5 Å².